The van der Waals surface area contributed by atoms with Gasteiger partial charge in [-0.1, -0.05) is 26.0 Å². The first-order valence-corrected chi connectivity index (χ1v) is 7.36. The van der Waals surface area contributed by atoms with Crippen LogP contribution in [0.3, 0.4) is 0 Å². The van der Waals surface area contributed by atoms with Crippen molar-refractivity contribution in [3.63, 3.8) is 0 Å². The average Bonchev–Trinajstić information content (AvgIpc) is 3.20. The minimum Gasteiger partial charge on any atom is -0.387 e. The molecule has 1 aromatic carbocycles. The number of nitrogens with zero attached hydrogens (tertiary/aromatic N) is 1. The van der Waals surface area contributed by atoms with Crippen molar-refractivity contribution in [2.24, 2.45) is 5.92 Å². The molecule has 2 nitrogen and oxygen atoms in total. The van der Waals surface area contributed by atoms with Gasteiger partial charge in [0.15, 0.2) is 0 Å². The molecule has 1 fully saturated rings. The molecule has 1 N–H and O–H groups in total. The fraction of sp³-hybridized carbons (Fsp3) is 0.625. The third-order valence-corrected chi connectivity index (χ3v) is 3.67. The van der Waals surface area contributed by atoms with Gasteiger partial charge < -0.3 is 5.11 Å². The zero-order chi connectivity index (χ0) is 15.6. The molecular formula is C16H22F3NO. The Morgan fingerprint density at radius 1 is 1.24 bits per heavy atom. The Bertz CT molecular complexity index is 469. The Labute approximate surface area is 123 Å². The number of halogens is 3. The van der Waals surface area contributed by atoms with Crippen molar-refractivity contribution < 1.29 is 18.3 Å². The van der Waals surface area contributed by atoms with E-state index in [1.807, 2.05) is 0 Å². The summed E-state index contributed by atoms with van der Waals surface area (Å²) in [6.45, 7) is 5.46. The molecule has 1 saturated carbocycles. The van der Waals surface area contributed by atoms with E-state index in [-0.39, 0.29) is 0 Å². The van der Waals surface area contributed by atoms with Crippen LogP contribution in [0.15, 0.2) is 24.3 Å². The van der Waals surface area contributed by atoms with Crippen molar-refractivity contribution in [2.45, 2.75) is 45.0 Å². The molecule has 1 aromatic rings. The maximum Gasteiger partial charge on any atom is 0.416 e. The smallest absolute Gasteiger partial charge is 0.387 e. The van der Waals surface area contributed by atoms with Crippen molar-refractivity contribution in [2.75, 3.05) is 13.1 Å². The van der Waals surface area contributed by atoms with Crippen molar-refractivity contribution in [1.29, 1.82) is 0 Å². The zero-order valence-electron chi connectivity index (χ0n) is 12.4. The molecule has 5 heteroatoms. The van der Waals surface area contributed by atoms with E-state index >= 15 is 0 Å². The second kappa shape index (κ2) is 6.36. The van der Waals surface area contributed by atoms with Crippen molar-refractivity contribution in [3.8, 4) is 0 Å². The standard InChI is InChI=1S/C16H22F3NO/c1-11(2)9-20(14-6-7-14)10-15(21)12-4-3-5-13(8-12)16(17,18)19/h3-5,8,11,14-15,21H,6-7,9-10H2,1-2H3. The summed E-state index contributed by atoms with van der Waals surface area (Å²) in [5, 5.41) is 10.3. The van der Waals surface area contributed by atoms with Crippen LogP contribution in [0.1, 0.15) is 43.9 Å². The number of aliphatic hydroxyl groups is 1. The quantitative estimate of drug-likeness (QED) is 0.862. The highest BCUT2D eigenvalue weighted by Gasteiger charge is 2.33. The third kappa shape index (κ3) is 4.71. The SMILES string of the molecule is CC(C)CN(CC(O)c1cccc(C(F)(F)F)c1)C1CC1. The van der Waals surface area contributed by atoms with E-state index in [1.54, 1.807) is 6.07 Å². The summed E-state index contributed by atoms with van der Waals surface area (Å²) in [5.41, 5.74) is -0.375. The number of aliphatic hydroxyl groups excluding tert-OH is 1. The highest BCUT2D eigenvalue weighted by molar-refractivity contribution is 5.27. The van der Waals surface area contributed by atoms with Crippen LogP contribution in [0.25, 0.3) is 0 Å². The van der Waals surface area contributed by atoms with E-state index in [4.69, 9.17) is 0 Å². The predicted molar refractivity (Wildman–Crippen MR) is 75.8 cm³/mol. The zero-order valence-corrected chi connectivity index (χ0v) is 12.4. The van der Waals surface area contributed by atoms with E-state index in [0.29, 0.717) is 24.1 Å². The van der Waals surface area contributed by atoms with Gasteiger partial charge in [-0.25, -0.2) is 0 Å². The molecule has 0 radical (unpaired) electrons. The summed E-state index contributed by atoms with van der Waals surface area (Å²) in [7, 11) is 0. The molecule has 0 aromatic heterocycles. The number of hydrogen-bond donors (Lipinski definition) is 1. The van der Waals surface area contributed by atoms with Gasteiger partial charge in [-0.15, -0.1) is 0 Å². The molecule has 0 saturated heterocycles. The fourth-order valence-electron chi connectivity index (χ4n) is 2.53. The highest BCUT2D eigenvalue weighted by atomic mass is 19.4. The first-order valence-electron chi connectivity index (χ1n) is 7.36. The summed E-state index contributed by atoms with van der Waals surface area (Å²) in [5.74, 6) is 0.472. The summed E-state index contributed by atoms with van der Waals surface area (Å²) in [6.07, 6.45) is -3.03. The topological polar surface area (TPSA) is 23.5 Å². The van der Waals surface area contributed by atoms with Crippen LogP contribution in [0.4, 0.5) is 13.2 Å². The lowest BCUT2D eigenvalue weighted by atomic mass is 10.0. The Kier molecular flexibility index (Phi) is 4.94. The molecule has 0 aliphatic heterocycles. The molecule has 1 unspecified atom stereocenters. The van der Waals surface area contributed by atoms with E-state index < -0.39 is 17.8 Å². The number of hydrogen-bond acceptors (Lipinski definition) is 2. The molecule has 0 heterocycles. The van der Waals surface area contributed by atoms with Gasteiger partial charge >= 0.3 is 6.18 Å². The number of rotatable bonds is 6. The lowest BCUT2D eigenvalue weighted by Crippen LogP contribution is -2.34. The Morgan fingerprint density at radius 2 is 1.90 bits per heavy atom. The Hall–Kier alpha value is -1.07. The molecule has 1 aliphatic carbocycles. The van der Waals surface area contributed by atoms with E-state index in [2.05, 4.69) is 18.7 Å². The first kappa shape index (κ1) is 16.3. The maximum atomic E-state index is 12.7. The Balaban J connectivity index is 2.06. The van der Waals surface area contributed by atoms with Crippen LogP contribution >= 0.6 is 0 Å². The van der Waals surface area contributed by atoms with Gasteiger partial charge in [0.25, 0.3) is 0 Å². The maximum absolute atomic E-state index is 12.7. The van der Waals surface area contributed by atoms with E-state index in [9.17, 15) is 18.3 Å². The molecule has 0 spiro atoms. The van der Waals surface area contributed by atoms with Crippen molar-refractivity contribution in [1.82, 2.24) is 4.90 Å². The van der Waals surface area contributed by atoms with Crippen LogP contribution in [-0.2, 0) is 6.18 Å². The molecule has 2 rings (SSSR count). The van der Waals surface area contributed by atoms with E-state index in [1.165, 1.54) is 6.07 Å². The van der Waals surface area contributed by atoms with Crippen molar-refractivity contribution >= 4 is 0 Å². The largest absolute Gasteiger partial charge is 0.416 e. The molecule has 1 aliphatic rings. The van der Waals surface area contributed by atoms with Gasteiger partial charge in [-0.3, -0.25) is 4.90 Å². The van der Waals surface area contributed by atoms with Gasteiger partial charge in [-0.05, 0) is 36.5 Å². The summed E-state index contributed by atoms with van der Waals surface area (Å²) >= 11 is 0. The summed E-state index contributed by atoms with van der Waals surface area (Å²) < 4.78 is 38.1. The molecule has 0 amide bonds. The number of benzene rings is 1. The first-order chi connectivity index (χ1) is 9.77. The van der Waals surface area contributed by atoms with Crippen molar-refractivity contribution in [3.05, 3.63) is 35.4 Å². The predicted octanol–water partition coefficient (Wildman–Crippen LogP) is 3.86. The normalized spacial score (nSPS) is 17.5. The molecular weight excluding hydrogens is 279 g/mol. The van der Waals surface area contributed by atoms with Gasteiger partial charge in [-0.2, -0.15) is 13.2 Å². The molecule has 118 valence electrons. The van der Waals surface area contributed by atoms with Gasteiger partial charge in [0, 0.05) is 19.1 Å². The Morgan fingerprint density at radius 3 is 2.43 bits per heavy atom. The molecule has 21 heavy (non-hydrogen) atoms. The lowest BCUT2D eigenvalue weighted by molar-refractivity contribution is -0.137. The minimum absolute atomic E-state index is 0.333. The van der Waals surface area contributed by atoms with Crippen LogP contribution in [0.2, 0.25) is 0 Å². The summed E-state index contributed by atoms with van der Waals surface area (Å²) in [4.78, 5) is 2.19. The lowest BCUT2D eigenvalue weighted by Gasteiger charge is -2.27. The second-order valence-electron chi connectivity index (χ2n) is 6.22. The third-order valence-electron chi connectivity index (χ3n) is 3.67. The highest BCUT2D eigenvalue weighted by Crippen LogP contribution is 2.32. The monoisotopic (exact) mass is 301 g/mol. The van der Waals surface area contributed by atoms with Gasteiger partial charge in [0.1, 0.15) is 0 Å². The second-order valence-corrected chi connectivity index (χ2v) is 6.22. The average molecular weight is 301 g/mol. The summed E-state index contributed by atoms with van der Waals surface area (Å²) in [6, 6.07) is 5.47. The van der Waals surface area contributed by atoms with E-state index in [0.717, 1.165) is 31.5 Å². The number of alkyl halides is 3. The van der Waals surface area contributed by atoms with Crippen LogP contribution < -0.4 is 0 Å². The van der Waals surface area contributed by atoms with Crippen LogP contribution in [0.5, 0.6) is 0 Å². The fourth-order valence-corrected chi connectivity index (χ4v) is 2.53. The molecule has 1 atom stereocenters. The minimum atomic E-state index is -4.37. The molecule has 0 bridgehead atoms. The van der Waals surface area contributed by atoms with Gasteiger partial charge in [0.2, 0.25) is 0 Å². The van der Waals surface area contributed by atoms with Gasteiger partial charge in [0.05, 0.1) is 11.7 Å². The van der Waals surface area contributed by atoms with Crippen LogP contribution in [0, 0.1) is 5.92 Å². The van der Waals surface area contributed by atoms with Crippen LogP contribution in [-0.4, -0.2) is 29.1 Å².